The fourth-order valence-corrected chi connectivity index (χ4v) is 2.84. The van der Waals surface area contributed by atoms with Crippen LogP contribution in [0.1, 0.15) is 34.1 Å². The third kappa shape index (κ3) is 3.95. The Morgan fingerprint density at radius 1 is 1.42 bits per heavy atom. The minimum Gasteiger partial charge on any atom is -0.466 e. The largest absolute Gasteiger partial charge is 0.466 e. The van der Waals surface area contributed by atoms with E-state index in [0.717, 1.165) is 11.8 Å². The molecule has 0 unspecified atom stereocenters. The Morgan fingerprint density at radius 3 is 2.53 bits per heavy atom. The van der Waals surface area contributed by atoms with Crippen LogP contribution in [-0.2, 0) is 19.1 Å². The number of nitrogens with zero attached hydrogens (tertiary/aromatic N) is 2. The standard InChI is InChI=1S/C11H17N3O4S/c1-5-18-9(17)6-11(4)14(8(3)16)13-10(19-11)12-7(2)15/h5-6H2,1-4H3,(H,12,13,15)/t11-/m0/s1. The molecule has 1 N–H and O–H groups in total. The summed E-state index contributed by atoms with van der Waals surface area (Å²) in [5.74, 6) is -1.00. The van der Waals surface area contributed by atoms with Gasteiger partial charge in [0.1, 0.15) is 4.87 Å². The summed E-state index contributed by atoms with van der Waals surface area (Å²) < 4.78 is 4.88. The molecule has 2 amide bonds. The Hall–Kier alpha value is -1.57. The molecule has 1 heterocycles. The Morgan fingerprint density at radius 2 is 2.05 bits per heavy atom. The van der Waals surface area contributed by atoms with E-state index in [4.69, 9.17) is 4.74 Å². The van der Waals surface area contributed by atoms with Crippen molar-refractivity contribution in [1.82, 2.24) is 10.3 Å². The molecular weight excluding hydrogens is 270 g/mol. The molecule has 0 saturated heterocycles. The third-order valence-electron chi connectivity index (χ3n) is 2.31. The number of carbonyl (C=O) groups excluding carboxylic acids is 3. The smallest absolute Gasteiger partial charge is 0.309 e. The predicted molar refractivity (Wildman–Crippen MR) is 71.0 cm³/mol. The van der Waals surface area contributed by atoms with Gasteiger partial charge in [0.15, 0.2) is 5.17 Å². The van der Waals surface area contributed by atoms with Crippen molar-refractivity contribution in [2.24, 2.45) is 5.10 Å². The van der Waals surface area contributed by atoms with Gasteiger partial charge in [0.05, 0.1) is 13.0 Å². The molecule has 0 bridgehead atoms. The van der Waals surface area contributed by atoms with Crippen LogP contribution in [-0.4, -0.2) is 39.4 Å². The summed E-state index contributed by atoms with van der Waals surface area (Å²) in [6, 6.07) is 0. The van der Waals surface area contributed by atoms with Gasteiger partial charge in [-0.2, -0.15) is 0 Å². The highest BCUT2D eigenvalue weighted by Gasteiger charge is 2.44. The van der Waals surface area contributed by atoms with Crippen molar-refractivity contribution < 1.29 is 19.1 Å². The average molecular weight is 287 g/mol. The molecule has 0 aromatic heterocycles. The van der Waals surface area contributed by atoms with Crippen LogP contribution in [0.15, 0.2) is 5.10 Å². The van der Waals surface area contributed by atoms with Crippen molar-refractivity contribution in [1.29, 1.82) is 0 Å². The summed E-state index contributed by atoms with van der Waals surface area (Å²) in [5, 5.41) is 8.03. The van der Waals surface area contributed by atoms with Gasteiger partial charge < -0.3 is 10.1 Å². The number of amidine groups is 1. The molecule has 1 aliphatic rings. The number of hydrazone groups is 1. The highest BCUT2D eigenvalue weighted by atomic mass is 32.2. The Kier molecular flexibility index (Phi) is 4.93. The lowest BCUT2D eigenvalue weighted by molar-refractivity contribution is -0.146. The fraction of sp³-hybridized carbons (Fsp3) is 0.636. The van der Waals surface area contributed by atoms with Crippen molar-refractivity contribution in [3.63, 3.8) is 0 Å². The number of esters is 1. The molecule has 0 aromatic carbocycles. The molecule has 7 nitrogen and oxygen atoms in total. The summed E-state index contributed by atoms with van der Waals surface area (Å²) in [6.45, 7) is 6.39. The van der Waals surface area contributed by atoms with Gasteiger partial charge in [-0.15, -0.1) is 5.10 Å². The minimum atomic E-state index is -0.879. The average Bonchev–Trinajstić information content (AvgIpc) is 2.54. The van der Waals surface area contributed by atoms with Crippen molar-refractivity contribution in [3.8, 4) is 0 Å². The van der Waals surface area contributed by atoms with Gasteiger partial charge in [-0.1, -0.05) is 11.8 Å². The van der Waals surface area contributed by atoms with E-state index in [2.05, 4.69) is 10.4 Å². The molecule has 0 radical (unpaired) electrons. The second-order valence-electron chi connectivity index (χ2n) is 4.18. The summed E-state index contributed by atoms with van der Waals surface area (Å²) in [7, 11) is 0. The fourth-order valence-electron chi connectivity index (χ4n) is 1.66. The first-order valence-corrected chi connectivity index (χ1v) is 6.61. The van der Waals surface area contributed by atoms with Gasteiger partial charge in [-0.25, -0.2) is 5.01 Å². The third-order valence-corrected chi connectivity index (χ3v) is 3.45. The summed E-state index contributed by atoms with van der Waals surface area (Å²) in [4.78, 5) is 33.3. The van der Waals surface area contributed by atoms with Crippen LogP contribution in [0.25, 0.3) is 0 Å². The normalized spacial score (nSPS) is 21.9. The quantitative estimate of drug-likeness (QED) is 0.770. The van der Waals surface area contributed by atoms with E-state index in [1.165, 1.54) is 18.9 Å². The molecule has 1 atom stereocenters. The van der Waals surface area contributed by atoms with Crippen LogP contribution in [0.5, 0.6) is 0 Å². The van der Waals surface area contributed by atoms with Gasteiger partial charge in [0, 0.05) is 13.8 Å². The van der Waals surface area contributed by atoms with Crippen LogP contribution in [0, 0.1) is 0 Å². The van der Waals surface area contributed by atoms with E-state index >= 15 is 0 Å². The molecule has 0 fully saturated rings. The molecule has 8 heteroatoms. The van der Waals surface area contributed by atoms with Crippen molar-refractivity contribution in [3.05, 3.63) is 0 Å². The maximum atomic E-state index is 11.6. The molecule has 19 heavy (non-hydrogen) atoms. The van der Waals surface area contributed by atoms with Crippen LogP contribution in [0.2, 0.25) is 0 Å². The predicted octanol–water partition coefficient (Wildman–Crippen LogP) is 0.658. The Balaban J connectivity index is 2.85. The maximum Gasteiger partial charge on any atom is 0.309 e. The van der Waals surface area contributed by atoms with Crippen LogP contribution in [0.4, 0.5) is 0 Å². The van der Waals surface area contributed by atoms with E-state index in [1.807, 2.05) is 0 Å². The summed E-state index contributed by atoms with van der Waals surface area (Å²) in [5.41, 5.74) is 0. The molecule has 1 rings (SSSR count). The SMILES string of the molecule is CCOC(=O)C[C@]1(C)SC(NC(C)=O)=NN1C(C)=O. The first-order chi connectivity index (χ1) is 8.78. The zero-order valence-electron chi connectivity index (χ0n) is 11.3. The van der Waals surface area contributed by atoms with Crippen LogP contribution >= 0.6 is 11.8 Å². The number of ether oxygens (including phenoxy) is 1. The van der Waals surface area contributed by atoms with E-state index in [9.17, 15) is 14.4 Å². The highest BCUT2D eigenvalue weighted by Crippen LogP contribution is 2.39. The van der Waals surface area contributed by atoms with Crippen molar-refractivity contribution >= 4 is 34.7 Å². The van der Waals surface area contributed by atoms with Crippen molar-refractivity contribution in [2.45, 2.75) is 39.0 Å². The topological polar surface area (TPSA) is 88.1 Å². The molecule has 106 valence electrons. The van der Waals surface area contributed by atoms with E-state index in [1.54, 1.807) is 13.8 Å². The summed E-state index contributed by atoms with van der Waals surface area (Å²) in [6.07, 6.45) is -0.00231. The molecule has 0 saturated carbocycles. The lowest BCUT2D eigenvalue weighted by Gasteiger charge is -2.29. The number of nitrogens with one attached hydrogen (secondary N) is 1. The number of thioether (sulfide) groups is 1. The molecule has 0 spiro atoms. The van der Waals surface area contributed by atoms with E-state index < -0.39 is 10.8 Å². The molecule has 0 aliphatic carbocycles. The zero-order valence-corrected chi connectivity index (χ0v) is 12.2. The number of hydrogen-bond acceptors (Lipinski definition) is 6. The van der Waals surface area contributed by atoms with E-state index in [0.29, 0.717) is 5.17 Å². The Labute approximate surface area is 115 Å². The van der Waals surface area contributed by atoms with Crippen LogP contribution in [0.3, 0.4) is 0 Å². The van der Waals surface area contributed by atoms with E-state index in [-0.39, 0.29) is 24.8 Å². The second kappa shape index (κ2) is 6.05. The Bertz CT molecular complexity index is 438. The molecule has 0 aromatic rings. The number of carbonyl (C=O) groups is 3. The van der Waals surface area contributed by atoms with Gasteiger partial charge >= 0.3 is 5.97 Å². The number of rotatable bonds is 3. The molecular formula is C11H17N3O4S. The number of hydrogen-bond donors (Lipinski definition) is 1. The monoisotopic (exact) mass is 287 g/mol. The maximum absolute atomic E-state index is 11.6. The highest BCUT2D eigenvalue weighted by molar-refractivity contribution is 8.15. The van der Waals surface area contributed by atoms with Gasteiger partial charge in [-0.05, 0) is 13.8 Å². The van der Waals surface area contributed by atoms with Gasteiger partial charge in [0.25, 0.3) is 0 Å². The lowest BCUT2D eigenvalue weighted by Crippen LogP contribution is -2.42. The minimum absolute atomic E-state index is 0.00231. The van der Waals surface area contributed by atoms with Crippen molar-refractivity contribution in [2.75, 3.05) is 6.61 Å². The molecule has 1 aliphatic heterocycles. The number of amides is 2. The first kappa shape index (κ1) is 15.5. The first-order valence-electron chi connectivity index (χ1n) is 5.80. The van der Waals surface area contributed by atoms with Gasteiger partial charge in [-0.3, -0.25) is 14.4 Å². The summed E-state index contributed by atoms with van der Waals surface area (Å²) >= 11 is 1.15. The lowest BCUT2D eigenvalue weighted by atomic mass is 10.2. The zero-order chi connectivity index (χ0) is 14.6. The van der Waals surface area contributed by atoms with Crippen LogP contribution < -0.4 is 5.32 Å². The second-order valence-corrected chi connectivity index (χ2v) is 5.65. The van der Waals surface area contributed by atoms with Gasteiger partial charge in [0.2, 0.25) is 11.8 Å².